The van der Waals surface area contributed by atoms with Gasteiger partial charge in [-0.15, -0.1) is 10.2 Å². The minimum atomic E-state index is -0.615. The van der Waals surface area contributed by atoms with Crippen LogP contribution < -0.4 is 5.63 Å². The fraction of sp³-hybridized carbons (Fsp3) is 0. The van der Waals surface area contributed by atoms with Gasteiger partial charge in [0.2, 0.25) is 5.82 Å². The summed E-state index contributed by atoms with van der Waals surface area (Å²) in [6.07, 6.45) is 0. The quantitative estimate of drug-likeness (QED) is 0.620. The summed E-state index contributed by atoms with van der Waals surface area (Å²) in [5.41, 5.74) is -0.181. The van der Waals surface area contributed by atoms with Gasteiger partial charge in [-0.05, 0) is 49.2 Å². The summed E-state index contributed by atoms with van der Waals surface area (Å²) < 4.78 is 5.95. The Kier molecular flexibility index (Phi) is 2.86. The molecule has 0 aliphatic heterocycles. The van der Waals surface area contributed by atoms with Crippen molar-refractivity contribution in [2.45, 2.75) is 0 Å². The van der Waals surface area contributed by atoms with E-state index in [1.165, 1.54) is 0 Å². The summed E-state index contributed by atoms with van der Waals surface area (Å²) in [4.78, 5) is 11.9. The number of aromatic nitrogens is 4. The molecule has 0 saturated carbocycles. The second-order valence-electron chi connectivity index (χ2n) is 3.62. The van der Waals surface area contributed by atoms with Gasteiger partial charge in [0.05, 0.1) is 4.47 Å². The van der Waals surface area contributed by atoms with Crippen LogP contribution in [0.3, 0.4) is 0 Å². The Labute approximate surface area is 121 Å². The molecule has 9 heteroatoms. The van der Waals surface area contributed by atoms with E-state index in [-0.39, 0.29) is 22.7 Å². The normalized spacial score (nSPS) is 11.1. The average molecular weight is 388 g/mol. The van der Waals surface area contributed by atoms with E-state index in [1.54, 1.807) is 12.1 Å². The molecule has 0 unspecified atom stereocenters. The number of H-pyrrole nitrogens is 1. The molecule has 0 aliphatic rings. The van der Waals surface area contributed by atoms with Gasteiger partial charge in [0.25, 0.3) is 0 Å². The fourth-order valence-corrected chi connectivity index (χ4v) is 2.85. The van der Waals surface area contributed by atoms with Gasteiger partial charge in [0.15, 0.2) is 5.58 Å². The van der Waals surface area contributed by atoms with Crippen molar-refractivity contribution in [3.8, 4) is 17.1 Å². The van der Waals surface area contributed by atoms with Gasteiger partial charge in [0, 0.05) is 5.39 Å². The standard InChI is InChI=1S/C10H4Br2N4O3/c11-5-2-3-1-4(9-13-15-16-14-9)10(18)19-8(3)6(12)7(5)17/h1-2,17H,(H,13,14,15,16). The van der Waals surface area contributed by atoms with E-state index in [9.17, 15) is 9.90 Å². The summed E-state index contributed by atoms with van der Waals surface area (Å²) in [7, 11) is 0. The number of aromatic hydroxyl groups is 1. The summed E-state index contributed by atoms with van der Waals surface area (Å²) in [6, 6.07) is 3.20. The number of aromatic amines is 1. The lowest BCUT2D eigenvalue weighted by Crippen LogP contribution is -2.04. The van der Waals surface area contributed by atoms with Crippen LogP contribution in [0.1, 0.15) is 0 Å². The molecule has 96 valence electrons. The van der Waals surface area contributed by atoms with Gasteiger partial charge < -0.3 is 9.52 Å². The molecule has 0 atom stereocenters. The number of phenols is 1. The van der Waals surface area contributed by atoms with Crippen LogP contribution in [-0.2, 0) is 0 Å². The van der Waals surface area contributed by atoms with E-state index in [1.807, 2.05) is 0 Å². The van der Waals surface area contributed by atoms with E-state index in [0.717, 1.165) is 0 Å². The number of hydrogen-bond donors (Lipinski definition) is 2. The number of hydrogen-bond acceptors (Lipinski definition) is 6. The van der Waals surface area contributed by atoms with Gasteiger partial charge in [-0.25, -0.2) is 4.79 Å². The van der Waals surface area contributed by atoms with Crippen LogP contribution in [0.15, 0.2) is 30.3 Å². The molecule has 0 fully saturated rings. The summed E-state index contributed by atoms with van der Waals surface area (Å²) in [5, 5.41) is 23.5. The molecule has 0 amide bonds. The predicted octanol–water partition coefficient (Wildman–Crippen LogP) is 2.20. The van der Waals surface area contributed by atoms with Crippen molar-refractivity contribution < 1.29 is 9.52 Å². The number of tetrazole rings is 1. The van der Waals surface area contributed by atoms with Crippen molar-refractivity contribution in [1.29, 1.82) is 0 Å². The molecule has 2 N–H and O–H groups in total. The third kappa shape index (κ3) is 1.94. The molecule has 3 aromatic rings. The second kappa shape index (κ2) is 4.42. The lowest BCUT2D eigenvalue weighted by Gasteiger charge is -2.05. The number of benzene rings is 1. The first-order valence-electron chi connectivity index (χ1n) is 4.96. The number of nitrogens with zero attached hydrogens (tertiary/aromatic N) is 3. The van der Waals surface area contributed by atoms with Crippen LogP contribution >= 0.6 is 31.9 Å². The van der Waals surface area contributed by atoms with E-state index in [4.69, 9.17) is 4.42 Å². The molecular formula is C10H4Br2N4O3. The van der Waals surface area contributed by atoms with Crippen molar-refractivity contribution in [2.75, 3.05) is 0 Å². The zero-order chi connectivity index (χ0) is 13.6. The minimum Gasteiger partial charge on any atom is -0.505 e. The summed E-state index contributed by atoms with van der Waals surface area (Å²) >= 11 is 6.39. The Morgan fingerprint density at radius 2 is 2.11 bits per heavy atom. The highest BCUT2D eigenvalue weighted by molar-refractivity contribution is 9.11. The third-order valence-electron chi connectivity index (χ3n) is 2.48. The topological polar surface area (TPSA) is 105 Å². The van der Waals surface area contributed by atoms with Gasteiger partial charge in [-0.3, -0.25) is 0 Å². The Balaban J connectivity index is 2.39. The highest BCUT2D eigenvalue weighted by atomic mass is 79.9. The van der Waals surface area contributed by atoms with Crippen molar-refractivity contribution in [2.24, 2.45) is 0 Å². The molecule has 2 aromatic heterocycles. The van der Waals surface area contributed by atoms with E-state index >= 15 is 0 Å². The van der Waals surface area contributed by atoms with Crippen LogP contribution in [0.2, 0.25) is 0 Å². The van der Waals surface area contributed by atoms with Crippen molar-refractivity contribution >= 4 is 42.8 Å². The molecule has 7 nitrogen and oxygen atoms in total. The Morgan fingerprint density at radius 1 is 1.32 bits per heavy atom. The predicted molar refractivity (Wildman–Crippen MR) is 72.7 cm³/mol. The van der Waals surface area contributed by atoms with Gasteiger partial charge in [-0.2, -0.15) is 5.21 Å². The maximum Gasteiger partial charge on any atom is 0.347 e. The van der Waals surface area contributed by atoms with E-state index < -0.39 is 5.63 Å². The molecule has 0 aliphatic carbocycles. The number of nitrogens with one attached hydrogen (secondary N) is 1. The summed E-state index contributed by atoms with van der Waals surface area (Å²) in [5.74, 6) is 0.110. The number of fused-ring (bicyclic) bond motifs is 1. The van der Waals surface area contributed by atoms with Gasteiger partial charge in [0.1, 0.15) is 15.8 Å². The number of rotatable bonds is 1. The lowest BCUT2D eigenvalue weighted by molar-refractivity contribution is 0.466. The maximum absolute atomic E-state index is 11.9. The first kappa shape index (κ1) is 12.3. The van der Waals surface area contributed by atoms with Crippen molar-refractivity contribution in [3.05, 3.63) is 31.5 Å². The zero-order valence-corrected chi connectivity index (χ0v) is 12.2. The average Bonchev–Trinajstić information content (AvgIpc) is 2.90. The first-order valence-corrected chi connectivity index (χ1v) is 6.55. The summed E-state index contributed by atoms with van der Waals surface area (Å²) in [6.45, 7) is 0. The van der Waals surface area contributed by atoms with Gasteiger partial charge in [-0.1, -0.05) is 0 Å². The van der Waals surface area contributed by atoms with Crippen LogP contribution in [0.4, 0.5) is 0 Å². The smallest absolute Gasteiger partial charge is 0.347 e. The van der Waals surface area contributed by atoms with Gasteiger partial charge >= 0.3 is 5.63 Å². The zero-order valence-electron chi connectivity index (χ0n) is 9.02. The van der Waals surface area contributed by atoms with Crippen LogP contribution in [0, 0.1) is 0 Å². The van der Waals surface area contributed by atoms with Crippen LogP contribution in [0.5, 0.6) is 5.75 Å². The Morgan fingerprint density at radius 3 is 2.79 bits per heavy atom. The minimum absolute atomic E-state index is 0.0389. The van der Waals surface area contributed by atoms with E-state index in [2.05, 4.69) is 52.5 Å². The maximum atomic E-state index is 11.9. The van der Waals surface area contributed by atoms with Crippen LogP contribution in [-0.4, -0.2) is 25.7 Å². The molecule has 2 heterocycles. The molecule has 0 radical (unpaired) electrons. The molecule has 1 aromatic carbocycles. The highest BCUT2D eigenvalue weighted by Crippen LogP contribution is 2.38. The van der Waals surface area contributed by atoms with Crippen molar-refractivity contribution in [3.63, 3.8) is 0 Å². The second-order valence-corrected chi connectivity index (χ2v) is 5.27. The fourth-order valence-electron chi connectivity index (χ4n) is 1.61. The van der Waals surface area contributed by atoms with Crippen molar-refractivity contribution in [1.82, 2.24) is 20.6 Å². The van der Waals surface area contributed by atoms with E-state index in [0.29, 0.717) is 14.3 Å². The molecule has 0 spiro atoms. The number of halogens is 2. The Hall–Kier alpha value is -1.74. The molecule has 3 rings (SSSR count). The molecule has 19 heavy (non-hydrogen) atoms. The van der Waals surface area contributed by atoms with Crippen LogP contribution in [0.25, 0.3) is 22.4 Å². The number of phenolic OH excluding ortho intramolecular Hbond substituents is 1. The third-order valence-corrected chi connectivity index (χ3v) is 3.82. The highest BCUT2D eigenvalue weighted by Gasteiger charge is 2.16. The Bertz CT molecular complexity index is 829. The first-order chi connectivity index (χ1) is 9.08. The molecule has 0 bridgehead atoms. The monoisotopic (exact) mass is 386 g/mol. The molecule has 0 saturated heterocycles. The molecular weight excluding hydrogens is 384 g/mol. The SMILES string of the molecule is O=c1oc2c(Br)c(O)c(Br)cc2cc1-c1nn[nH]n1. The largest absolute Gasteiger partial charge is 0.505 e. The lowest BCUT2D eigenvalue weighted by atomic mass is 10.1.